The molecule has 1 aromatic rings. The average molecular weight is 247 g/mol. The summed E-state index contributed by atoms with van der Waals surface area (Å²) in [5.74, 6) is 0.602. The van der Waals surface area contributed by atoms with E-state index in [-0.39, 0.29) is 0 Å². The fourth-order valence-electron chi connectivity index (χ4n) is 2.63. The van der Waals surface area contributed by atoms with Crippen LogP contribution < -0.4 is 5.32 Å². The van der Waals surface area contributed by atoms with Gasteiger partial charge in [-0.15, -0.1) is 0 Å². The van der Waals surface area contributed by atoms with Crippen LogP contribution in [0.2, 0.25) is 0 Å². The SMILES string of the molecule is CNC(CC1CCCO1)c1ccc(C(C)C)cc1. The molecule has 2 unspecified atom stereocenters. The molecule has 1 aliphatic rings. The summed E-state index contributed by atoms with van der Waals surface area (Å²) in [6.07, 6.45) is 3.94. The van der Waals surface area contributed by atoms with Gasteiger partial charge in [0.2, 0.25) is 0 Å². The van der Waals surface area contributed by atoms with Gasteiger partial charge in [-0.05, 0) is 43.4 Å². The van der Waals surface area contributed by atoms with Crippen molar-refractivity contribution < 1.29 is 4.74 Å². The van der Waals surface area contributed by atoms with E-state index < -0.39 is 0 Å². The predicted molar refractivity (Wildman–Crippen MR) is 75.9 cm³/mol. The minimum absolute atomic E-state index is 0.411. The molecule has 1 aliphatic heterocycles. The van der Waals surface area contributed by atoms with Crippen molar-refractivity contribution in [2.75, 3.05) is 13.7 Å². The third kappa shape index (κ3) is 3.33. The summed E-state index contributed by atoms with van der Waals surface area (Å²) in [6, 6.07) is 9.42. The molecule has 1 aromatic carbocycles. The molecule has 0 amide bonds. The molecule has 0 aromatic heterocycles. The summed E-state index contributed by atoms with van der Waals surface area (Å²) in [6.45, 7) is 5.40. The highest BCUT2D eigenvalue weighted by molar-refractivity contribution is 5.27. The van der Waals surface area contributed by atoms with E-state index in [9.17, 15) is 0 Å². The van der Waals surface area contributed by atoms with Gasteiger partial charge in [0.15, 0.2) is 0 Å². The molecule has 2 rings (SSSR count). The van der Waals surface area contributed by atoms with Crippen LogP contribution in [-0.2, 0) is 4.74 Å². The number of ether oxygens (including phenoxy) is 1. The summed E-state index contributed by atoms with van der Waals surface area (Å²) in [5, 5.41) is 3.41. The van der Waals surface area contributed by atoms with E-state index in [1.165, 1.54) is 24.0 Å². The molecule has 0 bridgehead atoms. The van der Waals surface area contributed by atoms with Crippen LogP contribution >= 0.6 is 0 Å². The van der Waals surface area contributed by atoms with E-state index >= 15 is 0 Å². The molecule has 2 nitrogen and oxygen atoms in total. The zero-order valence-electron chi connectivity index (χ0n) is 11.8. The Bertz CT molecular complexity index is 352. The van der Waals surface area contributed by atoms with Gasteiger partial charge in [-0.25, -0.2) is 0 Å². The second-order valence-corrected chi connectivity index (χ2v) is 5.53. The molecule has 1 fully saturated rings. The van der Waals surface area contributed by atoms with E-state index in [1.54, 1.807) is 0 Å². The van der Waals surface area contributed by atoms with Crippen molar-refractivity contribution in [2.24, 2.45) is 0 Å². The summed E-state index contributed by atoms with van der Waals surface area (Å²) in [5.41, 5.74) is 2.78. The molecular weight excluding hydrogens is 222 g/mol. The zero-order valence-corrected chi connectivity index (χ0v) is 11.8. The Morgan fingerprint density at radius 2 is 1.89 bits per heavy atom. The van der Waals surface area contributed by atoms with Gasteiger partial charge in [0.1, 0.15) is 0 Å². The normalized spacial score (nSPS) is 21.4. The molecule has 18 heavy (non-hydrogen) atoms. The molecule has 0 radical (unpaired) electrons. The van der Waals surface area contributed by atoms with Crippen molar-refractivity contribution in [3.8, 4) is 0 Å². The van der Waals surface area contributed by atoms with Gasteiger partial charge < -0.3 is 10.1 Å². The molecule has 1 heterocycles. The first-order chi connectivity index (χ1) is 8.70. The Morgan fingerprint density at radius 3 is 2.39 bits per heavy atom. The van der Waals surface area contributed by atoms with Crippen LogP contribution in [0.15, 0.2) is 24.3 Å². The van der Waals surface area contributed by atoms with E-state index in [0.717, 1.165) is 13.0 Å². The van der Waals surface area contributed by atoms with Crippen LogP contribution in [0.3, 0.4) is 0 Å². The Labute approximate surface area is 111 Å². The summed E-state index contributed by atoms with van der Waals surface area (Å²) in [7, 11) is 2.04. The molecule has 2 atom stereocenters. The lowest BCUT2D eigenvalue weighted by Gasteiger charge is -2.20. The van der Waals surface area contributed by atoms with Gasteiger partial charge in [0, 0.05) is 12.6 Å². The van der Waals surface area contributed by atoms with Crippen molar-refractivity contribution in [3.05, 3.63) is 35.4 Å². The van der Waals surface area contributed by atoms with Gasteiger partial charge in [-0.1, -0.05) is 38.1 Å². The standard InChI is InChI=1S/C16H25NO/c1-12(2)13-6-8-14(9-7-13)16(17-3)11-15-5-4-10-18-15/h6-9,12,15-17H,4-5,10-11H2,1-3H3. The molecule has 0 saturated carbocycles. The average Bonchev–Trinajstić information content (AvgIpc) is 2.89. The maximum atomic E-state index is 5.73. The lowest BCUT2D eigenvalue weighted by Crippen LogP contribution is -2.22. The maximum absolute atomic E-state index is 5.73. The molecule has 100 valence electrons. The molecule has 2 heteroatoms. The van der Waals surface area contributed by atoms with Crippen LogP contribution in [0, 0.1) is 0 Å². The van der Waals surface area contributed by atoms with Crippen LogP contribution in [0.5, 0.6) is 0 Å². The van der Waals surface area contributed by atoms with Crippen LogP contribution in [-0.4, -0.2) is 19.8 Å². The highest BCUT2D eigenvalue weighted by Gasteiger charge is 2.20. The van der Waals surface area contributed by atoms with Crippen LogP contribution in [0.4, 0.5) is 0 Å². The number of hydrogen-bond donors (Lipinski definition) is 1. The van der Waals surface area contributed by atoms with Gasteiger partial charge in [0.25, 0.3) is 0 Å². The number of rotatable bonds is 5. The first-order valence-corrected chi connectivity index (χ1v) is 7.09. The Kier molecular flexibility index (Phi) is 4.79. The number of hydrogen-bond acceptors (Lipinski definition) is 2. The second kappa shape index (κ2) is 6.35. The Morgan fingerprint density at radius 1 is 1.22 bits per heavy atom. The molecule has 0 aliphatic carbocycles. The first-order valence-electron chi connectivity index (χ1n) is 7.09. The minimum Gasteiger partial charge on any atom is -0.378 e. The van der Waals surface area contributed by atoms with Crippen molar-refractivity contribution >= 4 is 0 Å². The number of nitrogens with one attached hydrogen (secondary N) is 1. The quantitative estimate of drug-likeness (QED) is 0.857. The van der Waals surface area contributed by atoms with Gasteiger partial charge in [0.05, 0.1) is 6.10 Å². The summed E-state index contributed by atoms with van der Waals surface area (Å²) < 4.78 is 5.73. The lowest BCUT2D eigenvalue weighted by molar-refractivity contribution is 0.0954. The molecule has 0 spiro atoms. The fourth-order valence-corrected chi connectivity index (χ4v) is 2.63. The third-order valence-electron chi connectivity index (χ3n) is 3.88. The smallest absolute Gasteiger partial charge is 0.0594 e. The van der Waals surface area contributed by atoms with Gasteiger partial charge in [-0.3, -0.25) is 0 Å². The highest BCUT2D eigenvalue weighted by Crippen LogP contribution is 2.26. The highest BCUT2D eigenvalue weighted by atomic mass is 16.5. The van der Waals surface area contributed by atoms with Crippen molar-refractivity contribution in [3.63, 3.8) is 0 Å². The summed E-state index contributed by atoms with van der Waals surface area (Å²) >= 11 is 0. The third-order valence-corrected chi connectivity index (χ3v) is 3.88. The first kappa shape index (κ1) is 13.6. The molecule has 1 N–H and O–H groups in total. The second-order valence-electron chi connectivity index (χ2n) is 5.53. The molecule has 1 saturated heterocycles. The fraction of sp³-hybridized carbons (Fsp3) is 0.625. The maximum Gasteiger partial charge on any atom is 0.0594 e. The molecular formula is C16H25NO. The van der Waals surface area contributed by atoms with E-state index in [0.29, 0.717) is 18.1 Å². The van der Waals surface area contributed by atoms with Crippen molar-refractivity contribution in [1.82, 2.24) is 5.32 Å². The van der Waals surface area contributed by atoms with Crippen LogP contribution in [0.1, 0.15) is 56.2 Å². The number of benzene rings is 1. The summed E-state index contributed by atoms with van der Waals surface area (Å²) in [4.78, 5) is 0. The Hall–Kier alpha value is -0.860. The monoisotopic (exact) mass is 247 g/mol. The van der Waals surface area contributed by atoms with E-state index in [4.69, 9.17) is 4.74 Å². The van der Waals surface area contributed by atoms with Gasteiger partial charge in [-0.2, -0.15) is 0 Å². The van der Waals surface area contributed by atoms with Crippen molar-refractivity contribution in [1.29, 1.82) is 0 Å². The topological polar surface area (TPSA) is 21.3 Å². The van der Waals surface area contributed by atoms with Crippen molar-refractivity contribution in [2.45, 2.75) is 51.2 Å². The zero-order chi connectivity index (χ0) is 13.0. The predicted octanol–water partition coefficient (Wildman–Crippen LogP) is 3.64. The van der Waals surface area contributed by atoms with E-state index in [1.807, 2.05) is 7.05 Å². The lowest BCUT2D eigenvalue weighted by atomic mass is 9.96. The van der Waals surface area contributed by atoms with Gasteiger partial charge >= 0.3 is 0 Å². The van der Waals surface area contributed by atoms with Crippen LogP contribution in [0.25, 0.3) is 0 Å². The largest absolute Gasteiger partial charge is 0.378 e. The minimum atomic E-state index is 0.411. The Balaban J connectivity index is 2.02. The van der Waals surface area contributed by atoms with E-state index in [2.05, 4.69) is 43.4 Å².